The second-order valence-electron chi connectivity index (χ2n) is 3.51. The summed E-state index contributed by atoms with van der Waals surface area (Å²) in [5.74, 6) is 0.0933. The fraction of sp³-hybridized carbons (Fsp3) is 0.500. The van der Waals surface area contributed by atoms with E-state index in [4.69, 9.17) is 10.2 Å². The average molecular weight is 325 g/mol. The van der Waals surface area contributed by atoms with Crippen LogP contribution in [-0.2, 0) is 10.0 Å². The van der Waals surface area contributed by atoms with Crippen LogP contribution in [0.15, 0.2) is 16.3 Å². The Morgan fingerprint density at radius 2 is 2.16 bits per heavy atom. The van der Waals surface area contributed by atoms with Crippen molar-refractivity contribution in [2.75, 3.05) is 24.7 Å². The van der Waals surface area contributed by atoms with E-state index in [2.05, 4.69) is 4.72 Å². The summed E-state index contributed by atoms with van der Waals surface area (Å²) in [5, 5.41) is 18.9. The Morgan fingerprint density at radius 3 is 2.79 bits per heavy atom. The molecule has 0 aliphatic heterocycles. The predicted molar refractivity (Wildman–Crippen MR) is 75.5 cm³/mol. The Morgan fingerprint density at radius 1 is 1.42 bits per heavy atom. The molecule has 19 heavy (non-hydrogen) atoms. The van der Waals surface area contributed by atoms with Gasteiger partial charge in [0.25, 0.3) is 0 Å². The van der Waals surface area contributed by atoms with Crippen LogP contribution in [0.5, 0.6) is 0 Å². The molecule has 0 aromatic carbocycles. The minimum absolute atomic E-state index is 0.121. The van der Waals surface area contributed by atoms with E-state index in [9.17, 15) is 13.2 Å². The lowest BCUT2D eigenvalue weighted by atomic mass is 10.5. The maximum atomic E-state index is 11.9. The third-order valence-corrected chi connectivity index (χ3v) is 5.70. The van der Waals surface area contributed by atoms with Gasteiger partial charge < -0.3 is 10.2 Å². The number of carbonyl (C=O) groups is 1. The molecule has 0 unspecified atom stereocenters. The van der Waals surface area contributed by atoms with Gasteiger partial charge in [-0.1, -0.05) is 0 Å². The van der Waals surface area contributed by atoms with Crippen molar-refractivity contribution in [2.24, 2.45) is 0 Å². The maximum absolute atomic E-state index is 11.9. The fourth-order valence-electron chi connectivity index (χ4n) is 1.26. The van der Waals surface area contributed by atoms with E-state index in [-0.39, 0.29) is 22.9 Å². The van der Waals surface area contributed by atoms with Gasteiger partial charge in [0.15, 0.2) is 0 Å². The quantitative estimate of drug-likeness (QED) is 0.581. The van der Waals surface area contributed by atoms with Gasteiger partial charge in [-0.3, -0.25) is 0 Å². The summed E-state index contributed by atoms with van der Waals surface area (Å²) < 4.78 is 26.1. The first-order valence-corrected chi connectivity index (χ1v) is 9.00. The van der Waals surface area contributed by atoms with Crippen molar-refractivity contribution in [3.63, 3.8) is 0 Å². The molecule has 0 spiro atoms. The first kappa shape index (κ1) is 16.4. The van der Waals surface area contributed by atoms with Crippen molar-refractivity contribution in [2.45, 2.75) is 11.3 Å². The van der Waals surface area contributed by atoms with Crippen LogP contribution in [0.2, 0.25) is 0 Å². The fourth-order valence-corrected chi connectivity index (χ4v) is 4.46. The van der Waals surface area contributed by atoms with Crippen LogP contribution in [0.25, 0.3) is 0 Å². The van der Waals surface area contributed by atoms with Gasteiger partial charge in [0, 0.05) is 18.9 Å². The second kappa shape index (κ2) is 7.85. The molecule has 0 atom stereocenters. The summed E-state index contributed by atoms with van der Waals surface area (Å²) in [7, 11) is -3.77. The molecule has 9 heteroatoms. The number of carboxylic acids is 1. The van der Waals surface area contributed by atoms with Gasteiger partial charge in [0.05, 0.1) is 0 Å². The number of hydrogen-bond donors (Lipinski definition) is 3. The van der Waals surface area contributed by atoms with E-state index in [1.54, 1.807) is 0 Å². The van der Waals surface area contributed by atoms with Crippen LogP contribution >= 0.6 is 23.1 Å². The topological polar surface area (TPSA) is 104 Å². The van der Waals surface area contributed by atoms with Gasteiger partial charge in [-0.05, 0) is 23.6 Å². The molecule has 0 saturated heterocycles. The molecule has 1 aromatic heterocycles. The number of thiophene rings is 1. The smallest absolute Gasteiger partial charge is 0.347 e. The minimum atomic E-state index is -3.77. The van der Waals surface area contributed by atoms with E-state index >= 15 is 0 Å². The Bertz CT molecular complexity index is 511. The lowest BCUT2D eigenvalue weighted by molar-refractivity contribution is 0.0698. The molecule has 108 valence electrons. The number of aromatic carboxylic acids is 1. The molecule has 1 aromatic rings. The highest BCUT2D eigenvalue weighted by molar-refractivity contribution is 7.99. The van der Waals surface area contributed by atoms with Crippen molar-refractivity contribution in [3.05, 3.63) is 16.3 Å². The van der Waals surface area contributed by atoms with Gasteiger partial charge in [-0.2, -0.15) is 11.8 Å². The highest BCUT2D eigenvalue weighted by Crippen LogP contribution is 2.21. The van der Waals surface area contributed by atoms with Crippen molar-refractivity contribution >= 4 is 39.1 Å². The normalized spacial score (nSPS) is 11.6. The molecule has 0 amide bonds. The van der Waals surface area contributed by atoms with E-state index < -0.39 is 16.0 Å². The molecule has 0 radical (unpaired) electrons. The Labute approximate surface area is 119 Å². The highest BCUT2D eigenvalue weighted by atomic mass is 32.2. The summed E-state index contributed by atoms with van der Waals surface area (Å²) >= 11 is 2.41. The molecular weight excluding hydrogens is 310 g/mol. The number of carboxylic acid groups (broad SMARTS) is 1. The molecule has 1 heterocycles. The van der Waals surface area contributed by atoms with Gasteiger partial charge >= 0.3 is 5.97 Å². The third kappa shape index (κ3) is 5.11. The second-order valence-corrected chi connectivity index (χ2v) is 7.38. The lowest BCUT2D eigenvalue weighted by Gasteiger charge is -2.06. The number of thioether (sulfide) groups is 1. The summed E-state index contributed by atoms with van der Waals surface area (Å²) in [6.45, 7) is 0.350. The minimum Gasteiger partial charge on any atom is -0.477 e. The Kier molecular flexibility index (Phi) is 6.80. The van der Waals surface area contributed by atoms with Crippen molar-refractivity contribution in [3.8, 4) is 0 Å². The molecule has 0 bridgehead atoms. The van der Waals surface area contributed by atoms with Gasteiger partial charge in [0.1, 0.15) is 9.77 Å². The lowest BCUT2D eigenvalue weighted by Crippen LogP contribution is -2.27. The van der Waals surface area contributed by atoms with Gasteiger partial charge in [-0.25, -0.2) is 17.9 Å². The van der Waals surface area contributed by atoms with Crippen LogP contribution in [0.4, 0.5) is 0 Å². The average Bonchev–Trinajstić information content (AvgIpc) is 2.83. The van der Waals surface area contributed by atoms with E-state index in [0.29, 0.717) is 12.2 Å². The SMILES string of the molecule is O=C(O)c1sccc1S(=O)(=O)NCCSCCCO. The zero-order valence-electron chi connectivity index (χ0n) is 10.0. The first-order chi connectivity index (χ1) is 8.99. The largest absolute Gasteiger partial charge is 0.477 e. The van der Waals surface area contributed by atoms with Crippen LogP contribution < -0.4 is 4.72 Å². The highest BCUT2D eigenvalue weighted by Gasteiger charge is 2.23. The number of nitrogens with one attached hydrogen (secondary N) is 1. The Balaban J connectivity index is 2.52. The summed E-state index contributed by atoms with van der Waals surface area (Å²) in [6, 6.07) is 1.29. The zero-order chi connectivity index (χ0) is 14.3. The monoisotopic (exact) mass is 325 g/mol. The third-order valence-electron chi connectivity index (χ3n) is 2.10. The number of sulfonamides is 1. The number of hydrogen-bond acceptors (Lipinski definition) is 6. The molecule has 6 nitrogen and oxygen atoms in total. The van der Waals surface area contributed by atoms with Crippen LogP contribution in [0.3, 0.4) is 0 Å². The molecule has 3 N–H and O–H groups in total. The van der Waals surface area contributed by atoms with Crippen LogP contribution in [0.1, 0.15) is 16.1 Å². The van der Waals surface area contributed by atoms with E-state index in [1.807, 2.05) is 0 Å². The van der Waals surface area contributed by atoms with Gasteiger partial charge in [0.2, 0.25) is 10.0 Å². The molecular formula is C10H15NO5S3. The summed E-state index contributed by atoms with van der Waals surface area (Å²) in [6.07, 6.45) is 0.672. The first-order valence-electron chi connectivity index (χ1n) is 5.48. The summed E-state index contributed by atoms with van der Waals surface area (Å²) in [5.41, 5.74) is 0. The summed E-state index contributed by atoms with van der Waals surface area (Å²) in [4.78, 5) is 10.5. The number of rotatable bonds is 9. The predicted octanol–water partition coefficient (Wildman–Crippen LogP) is 0.840. The van der Waals surface area contributed by atoms with Gasteiger partial charge in [-0.15, -0.1) is 11.3 Å². The molecule has 0 aliphatic carbocycles. The molecule has 0 saturated carbocycles. The number of aliphatic hydroxyl groups is 1. The van der Waals surface area contributed by atoms with Crippen LogP contribution in [-0.4, -0.2) is 49.3 Å². The van der Waals surface area contributed by atoms with Crippen molar-refractivity contribution in [1.82, 2.24) is 4.72 Å². The number of aliphatic hydroxyl groups excluding tert-OH is 1. The van der Waals surface area contributed by atoms with Crippen molar-refractivity contribution < 1.29 is 23.4 Å². The standard InChI is InChI=1S/C10H15NO5S3/c12-4-1-5-17-7-3-11-19(15,16)8-2-6-18-9(8)10(13)14/h2,6,11-12H,1,3-5,7H2,(H,13,14). The molecule has 0 aliphatic rings. The van der Waals surface area contributed by atoms with E-state index in [0.717, 1.165) is 17.1 Å². The molecule has 0 fully saturated rings. The Hall–Kier alpha value is -0.610. The van der Waals surface area contributed by atoms with Crippen molar-refractivity contribution in [1.29, 1.82) is 0 Å². The maximum Gasteiger partial charge on any atom is 0.347 e. The van der Waals surface area contributed by atoms with E-state index in [1.165, 1.54) is 23.2 Å². The molecule has 1 rings (SSSR count). The van der Waals surface area contributed by atoms with Crippen LogP contribution in [0, 0.1) is 0 Å². The zero-order valence-corrected chi connectivity index (χ0v) is 12.5.